The third kappa shape index (κ3) is 5.74. The number of benzene rings is 3. The number of fused-ring (bicyclic) bond motifs is 1. The molecule has 172 valence electrons. The molecule has 0 saturated heterocycles. The number of carbonyl (C=O) groups is 1. The van der Waals surface area contributed by atoms with Gasteiger partial charge in [-0.25, -0.2) is 10.4 Å². The number of carbonyl (C=O) groups excluding carboxylic acids is 1. The van der Waals surface area contributed by atoms with Crippen molar-refractivity contribution in [3.05, 3.63) is 98.0 Å². The number of non-ortho nitro benzene ring substituents is 1. The zero-order valence-corrected chi connectivity index (χ0v) is 19.8. The molecule has 0 aliphatic rings. The van der Waals surface area contributed by atoms with Gasteiger partial charge in [-0.1, -0.05) is 59.2 Å². The Balaban J connectivity index is 1.44. The molecule has 11 heteroatoms. The summed E-state index contributed by atoms with van der Waals surface area (Å²) >= 11 is 13.3. The maximum Gasteiger partial charge on any atom is 0.270 e. The lowest BCUT2D eigenvalue weighted by atomic mass is 10.2. The van der Waals surface area contributed by atoms with E-state index in [4.69, 9.17) is 23.2 Å². The number of hydrogen-bond acceptors (Lipinski definition) is 6. The Morgan fingerprint density at radius 3 is 2.68 bits per heavy atom. The number of nitro benzene ring substituents is 1. The SMILES string of the molecule is O=C(CSc1nc2ccccc2n1Cc1ccc(Cl)cc1)NN=Cc1cc([N+](=O)[O-])ccc1Cl. The number of para-hydroxylation sites is 2. The average Bonchev–Trinajstić information content (AvgIpc) is 3.17. The van der Waals surface area contributed by atoms with Gasteiger partial charge in [0.05, 0.1) is 34.5 Å². The summed E-state index contributed by atoms with van der Waals surface area (Å²) in [6.45, 7) is 0.574. The van der Waals surface area contributed by atoms with Crippen LogP contribution in [0.3, 0.4) is 0 Å². The summed E-state index contributed by atoms with van der Waals surface area (Å²) < 4.78 is 2.04. The van der Waals surface area contributed by atoms with E-state index in [2.05, 4.69) is 15.5 Å². The van der Waals surface area contributed by atoms with Gasteiger partial charge >= 0.3 is 0 Å². The van der Waals surface area contributed by atoms with Crippen molar-refractivity contribution in [1.29, 1.82) is 0 Å². The summed E-state index contributed by atoms with van der Waals surface area (Å²) in [5.74, 6) is -0.280. The number of imidazole rings is 1. The van der Waals surface area contributed by atoms with Crippen molar-refractivity contribution >= 4 is 63.8 Å². The first-order valence-electron chi connectivity index (χ1n) is 9.99. The summed E-state index contributed by atoms with van der Waals surface area (Å²) in [5.41, 5.74) is 5.47. The number of amides is 1. The Bertz CT molecular complexity index is 1390. The number of nitrogens with one attached hydrogen (secondary N) is 1. The molecule has 0 saturated carbocycles. The van der Waals surface area contributed by atoms with E-state index >= 15 is 0 Å². The van der Waals surface area contributed by atoms with Gasteiger partial charge in [0, 0.05) is 27.7 Å². The van der Waals surface area contributed by atoms with Crippen molar-refractivity contribution in [3.8, 4) is 0 Å². The van der Waals surface area contributed by atoms with Crippen LogP contribution < -0.4 is 5.43 Å². The number of halogens is 2. The second-order valence-corrected chi connectivity index (χ2v) is 8.93. The van der Waals surface area contributed by atoms with Crippen molar-refractivity contribution in [1.82, 2.24) is 15.0 Å². The van der Waals surface area contributed by atoms with Crippen LogP contribution in [0.1, 0.15) is 11.1 Å². The summed E-state index contributed by atoms with van der Waals surface area (Å²) in [6.07, 6.45) is 1.27. The molecule has 0 aliphatic carbocycles. The molecule has 1 amide bonds. The summed E-state index contributed by atoms with van der Waals surface area (Å²) in [7, 11) is 0. The number of rotatable bonds is 8. The van der Waals surface area contributed by atoms with Crippen LogP contribution in [0.4, 0.5) is 5.69 Å². The maximum atomic E-state index is 12.4. The summed E-state index contributed by atoms with van der Waals surface area (Å²) in [5, 5.41) is 16.4. The second-order valence-electron chi connectivity index (χ2n) is 7.14. The van der Waals surface area contributed by atoms with Crippen LogP contribution in [0.15, 0.2) is 77.0 Å². The van der Waals surface area contributed by atoms with Crippen molar-refractivity contribution in [2.24, 2.45) is 5.10 Å². The molecular formula is C23H17Cl2N5O3S. The van der Waals surface area contributed by atoms with Crippen molar-refractivity contribution in [2.45, 2.75) is 11.7 Å². The molecule has 1 heterocycles. The predicted molar refractivity (Wildman–Crippen MR) is 135 cm³/mol. The lowest BCUT2D eigenvalue weighted by Gasteiger charge is -2.09. The molecule has 0 aliphatic heterocycles. The third-order valence-corrected chi connectivity index (χ3v) is 6.36. The Kier molecular flexibility index (Phi) is 7.46. The molecular weight excluding hydrogens is 497 g/mol. The fraction of sp³-hybridized carbons (Fsp3) is 0.0870. The van der Waals surface area contributed by atoms with Gasteiger partial charge in [-0.05, 0) is 35.9 Å². The molecule has 0 radical (unpaired) electrons. The van der Waals surface area contributed by atoms with Crippen LogP contribution in [0.5, 0.6) is 0 Å². The number of hydrogen-bond donors (Lipinski definition) is 1. The van der Waals surface area contributed by atoms with Gasteiger partial charge in [0.2, 0.25) is 0 Å². The summed E-state index contributed by atoms with van der Waals surface area (Å²) in [6, 6.07) is 19.3. The van der Waals surface area contributed by atoms with E-state index in [0.29, 0.717) is 22.3 Å². The number of nitro groups is 1. The largest absolute Gasteiger partial charge is 0.314 e. The van der Waals surface area contributed by atoms with E-state index in [9.17, 15) is 14.9 Å². The smallest absolute Gasteiger partial charge is 0.270 e. The zero-order valence-electron chi connectivity index (χ0n) is 17.5. The Labute approximate surface area is 208 Å². The molecule has 0 spiro atoms. The van der Waals surface area contributed by atoms with Gasteiger partial charge in [-0.2, -0.15) is 5.10 Å². The lowest BCUT2D eigenvalue weighted by molar-refractivity contribution is -0.384. The van der Waals surface area contributed by atoms with Crippen molar-refractivity contribution < 1.29 is 9.72 Å². The number of nitrogens with zero attached hydrogens (tertiary/aromatic N) is 4. The van der Waals surface area contributed by atoms with Crippen LogP contribution in [-0.2, 0) is 11.3 Å². The van der Waals surface area contributed by atoms with Crippen LogP contribution in [-0.4, -0.2) is 32.3 Å². The number of hydrazone groups is 1. The van der Waals surface area contributed by atoms with Crippen LogP contribution >= 0.6 is 35.0 Å². The molecule has 0 unspecified atom stereocenters. The van der Waals surface area contributed by atoms with Crippen molar-refractivity contribution in [3.63, 3.8) is 0 Å². The van der Waals surface area contributed by atoms with E-state index in [1.165, 1.54) is 36.2 Å². The molecule has 4 rings (SSSR count). The highest BCUT2D eigenvalue weighted by molar-refractivity contribution is 7.99. The van der Waals surface area contributed by atoms with Gasteiger partial charge in [-0.3, -0.25) is 14.9 Å². The molecule has 8 nitrogen and oxygen atoms in total. The first-order valence-corrected chi connectivity index (χ1v) is 11.7. The number of thioether (sulfide) groups is 1. The van der Waals surface area contributed by atoms with Gasteiger partial charge in [0.1, 0.15) is 0 Å². The summed E-state index contributed by atoms with van der Waals surface area (Å²) in [4.78, 5) is 27.4. The van der Waals surface area contributed by atoms with E-state index in [0.717, 1.165) is 16.6 Å². The van der Waals surface area contributed by atoms with Crippen molar-refractivity contribution in [2.75, 3.05) is 5.75 Å². The maximum absolute atomic E-state index is 12.4. The number of aromatic nitrogens is 2. The minimum Gasteiger partial charge on any atom is -0.314 e. The minimum atomic E-state index is -0.529. The van der Waals surface area contributed by atoms with E-state index in [-0.39, 0.29) is 22.4 Å². The van der Waals surface area contributed by atoms with Gasteiger partial charge in [-0.15, -0.1) is 0 Å². The van der Waals surface area contributed by atoms with Gasteiger partial charge < -0.3 is 4.57 Å². The molecule has 0 fully saturated rings. The highest BCUT2D eigenvalue weighted by Crippen LogP contribution is 2.26. The Morgan fingerprint density at radius 1 is 1.15 bits per heavy atom. The molecule has 0 atom stereocenters. The molecule has 1 N–H and O–H groups in total. The quantitative estimate of drug-likeness (QED) is 0.144. The predicted octanol–water partition coefficient (Wildman–Crippen LogP) is 5.54. The highest BCUT2D eigenvalue weighted by atomic mass is 35.5. The molecule has 0 bridgehead atoms. The first kappa shape index (κ1) is 23.7. The van der Waals surface area contributed by atoms with Crippen LogP contribution in [0.2, 0.25) is 10.0 Å². The Morgan fingerprint density at radius 2 is 1.91 bits per heavy atom. The molecule has 3 aromatic carbocycles. The van der Waals surface area contributed by atoms with E-state index < -0.39 is 4.92 Å². The zero-order chi connectivity index (χ0) is 24.1. The molecule has 4 aromatic rings. The van der Waals surface area contributed by atoms with Crippen LogP contribution in [0.25, 0.3) is 11.0 Å². The topological polar surface area (TPSA) is 102 Å². The van der Waals surface area contributed by atoms with E-state index in [1.54, 1.807) is 0 Å². The molecule has 34 heavy (non-hydrogen) atoms. The van der Waals surface area contributed by atoms with Crippen LogP contribution in [0, 0.1) is 10.1 Å². The first-order chi connectivity index (χ1) is 16.4. The highest BCUT2D eigenvalue weighted by Gasteiger charge is 2.14. The van der Waals surface area contributed by atoms with Gasteiger partial charge in [0.25, 0.3) is 11.6 Å². The fourth-order valence-electron chi connectivity index (χ4n) is 3.17. The standard InChI is InChI=1S/C23H17Cl2N5O3S/c24-17-7-5-15(6-8-17)13-29-21-4-2-1-3-20(21)27-23(29)34-14-22(31)28-26-12-16-11-18(30(32)33)9-10-19(16)25/h1-12H,13-14H2,(H,28,31). The minimum absolute atomic E-state index is 0.0734. The Hall–Kier alpha value is -3.40. The second kappa shape index (κ2) is 10.7. The average molecular weight is 514 g/mol. The molecule has 1 aromatic heterocycles. The lowest BCUT2D eigenvalue weighted by Crippen LogP contribution is -2.20. The van der Waals surface area contributed by atoms with Gasteiger partial charge in [0.15, 0.2) is 5.16 Å². The fourth-order valence-corrected chi connectivity index (χ4v) is 4.27. The normalized spacial score (nSPS) is 11.2. The van der Waals surface area contributed by atoms with E-state index in [1.807, 2.05) is 53.1 Å². The third-order valence-electron chi connectivity index (χ3n) is 4.79. The monoisotopic (exact) mass is 513 g/mol.